The molecule has 0 radical (unpaired) electrons. The molecule has 1 amide bonds. The van der Waals surface area contributed by atoms with Crippen molar-refractivity contribution in [1.29, 1.82) is 0 Å². The summed E-state index contributed by atoms with van der Waals surface area (Å²) in [6, 6.07) is 7.90. The molecular weight excluding hydrogens is 407 g/mol. The highest BCUT2D eigenvalue weighted by Gasteiger charge is 2.13. The molecule has 0 aliphatic heterocycles. The van der Waals surface area contributed by atoms with Crippen LogP contribution in [0.2, 0.25) is 0 Å². The van der Waals surface area contributed by atoms with Crippen molar-refractivity contribution in [2.24, 2.45) is 10.7 Å². The van der Waals surface area contributed by atoms with Crippen LogP contribution in [0.3, 0.4) is 0 Å². The third kappa shape index (κ3) is 7.06. The Morgan fingerprint density at radius 2 is 1.91 bits per heavy atom. The smallest absolute Gasteiger partial charge is 0.411 e. The van der Waals surface area contributed by atoms with Crippen LogP contribution in [-0.4, -0.2) is 25.2 Å². The molecule has 0 aromatic heterocycles. The average Bonchev–Trinajstić information content (AvgIpc) is 2.55. The minimum Gasteiger partial charge on any atom is -0.453 e. The normalized spacial score (nSPS) is 15.4. The van der Waals surface area contributed by atoms with E-state index in [4.69, 9.17) is 5.73 Å². The fourth-order valence-electron chi connectivity index (χ4n) is 2.54. The lowest BCUT2D eigenvalue weighted by atomic mass is 9.96. The van der Waals surface area contributed by atoms with Crippen LogP contribution in [-0.2, 0) is 11.3 Å². The second-order valence-electron chi connectivity index (χ2n) is 5.49. The largest absolute Gasteiger partial charge is 0.453 e. The first-order valence-corrected chi connectivity index (χ1v) is 7.68. The van der Waals surface area contributed by atoms with Crippen LogP contribution < -0.4 is 16.4 Å². The molecule has 2 rings (SSSR count). The molecule has 0 atom stereocenters. The second-order valence-corrected chi connectivity index (χ2v) is 5.49. The highest BCUT2D eigenvalue weighted by molar-refractivity contribution is 14.0. The summed E-state index contributed by atoms with van der Waals surface area (Å²) < 4.78 is 4.54. The van der Waals surface area contributed by atoms with Crippen LogP contribution in [0, 0.1) is 0 Å². The summed E-state index contributed by atoms with van der Waals surface area (Å²) >= 11 is 0. The molecule has 7 heteroatoms. The van der Waals surface area contributed by atoms with Gasteiger partial charge in [0.05, 0.1) is 13.7 Å². The summed E-state index contributed by atoms with van der Waals surface area (Å²) in [5.41, 5.74) is 7.65. The van der Waals surface area contributed by atoms with Crippen molar-refractivity contribution in [1.82, 2.24) is 5.32 Å². The number of hydrogen-bond donors (Lipinski definition) is 3. The van der Waals surface area contributed by atoms with Gasteiger partial charge in [-0.25, -0.2) is 9.79 Å². The van der Waals surface area contributed by atoms with Gasteiger partial charge in [-0.3, -0.25) is 5.32 Å². The van der Waals surface area contributed by atoms with Gasteiger partial charge in [0.1, 0.15) is 0 Å². The standard InChI is InChI=1S/C16H24N4O2.HI/c1-22-16(21)20-14-9-7-12(8-10-14)11-18-15(17)19-13-5-3-2-4-6-13;/h7-10,13H,2-6,11H2,1H3,(H,20,21)(H3,17,18,19);1H. The number of anilines is 1. The van der Waals surface area contributed by atoms with Crippen molar-refractivity contribution in [2.45, 2.75) is 44.7 Å². The van der Waals surface area contributed by atoms with Crippen LogP contribution in [0.25, 0.3) is 0 Å². The molecule has 0 unspecified atom stereocenters. The summed E-state index contributed by atoms with van der Waals surface area (Å²) in [7, 11) is 1.33. The van der Waals surface area contributed by atoms with Crippen molar-refractivity contribution >= 4 is 41.7 Å². The van der Waals surface area contributed by atoms with Gasteiger partial charge in [0.15, 0.2) is 5.96 Å². The molecule has 6 nitrogen and oxygen atoms in total. The van der Waals surface area contributed by atoms with E-state index in [9.17, 15) is 4.79 Å². The minimum atomic E-state index is -0.480. The second kappa shape index (κ2) is 10.3. The zero-order valence-corrected chi connectivity index (χ0v) is 15.7. The van der Waals surface area contributed by atoms with E-state index in [1.165, 1.54) is 39.2 Å². The molecule has 1 saturated carbocycles. The Bertz CT molecular complexity index is 513. The van der Waals surface area contributed by atoms with Gasteiger partial charge < -0.3 is 15.8 Å². The Morgan fingerprint density at radius 3 is 2.52 bits per heavy atom. The molecule has 23 heavy (non-hydrogen) atoms. The minimum absolute atomic E-state index is 0. The van der Waals surface area contributed by atoms with E-state index >= 15 is 0 Å². The van der Waals surface area contributed by atoms with E-state index < -0.39 is 6.09 Å². The number of aliphatic imine (C=N–C) groups is 1. The van der Waals surface area contributed by atoms with Crippen molar-refractivity contribution in [3.05, 3.63) is 29.8 Å². The van der Waals surface area contributed by atoms with Gasteiger partial charge in [0.2, 0.25) is 0 Å². The van der Waals surface area contributed by atoms with Crippen molar-refractivity contribution in [3.8, 4) is 0 Å². The topological polar surface area (TPSA) is 88.7 Å². The molecule has 1 aromatic carbocycles. The van der Waals surface area contributed by atoms with Gasteiger partial charge in [-0.05, 0) is 30.5 Å². The first-order chi connectivity index (χ1) is 10.7. The van der Waals surface area contributed by atoms with E-state index in [0.717, 1.165) is 5.56 Å². The summed E-state index contributed by atoms with van der Waals surface area (Å²) in [4.78, 5) is 15.5. The van der Waals surface area contributed by atoms with Gasteiger partial charge in [0.25, 0.3) is 0 Å². The first kappa shape index (κ1) is 19.5. The van der Waals surface area contributed by atoms with Crippen LogP contribution in [0.4, 0.5) is 10.5 Å². The number of hydrogen-bond acceptors (Lipinski definition) is 3. The maximum Gasteiger partial charge on any atom is 0.411 e. The Morgan fingerprint density at radius 1 is 1.26 bits per heavy atom. The van der Waals surface area contributed by atoms with Crippen LogP contribution in [0.15, 0.2) is 29.3 Å². The van der Waals surface area contributed by atoms with Crippen LogP contribution in [0.1, 0.15) is 37.7 Å². The Kier molecular flexibility index (Phi) is 8.75. The third-order valence-corrected chi connectivity index (χ3v) is 3.77. The number of ether oxygens (including phenoxy) is 1. The number of amides is 1. The quantitative estimate of drug-likeness (QED) is 0.387. The van der Waals surface area contributed by atoms with Crippen LogP contribution >= 0.6 is 24.0 Å². The van der Waals surface area contributed by atoms with E-state index in [1.807, 2.05) is 24.3 Å². The number of nitrogens with one attached hydrogen (secondary N) is 2. The fraction of sp³-hybridized carbons (Fsp3) is 0.500. The number of methoxy groups -OCH3 is 1. The van der Waals surface area contributed by atoms with Crippen molar-refractivity contribution in [2.75, 3.05) is 12.4 Å². The number of nitrogens with two attached hydrogens (primary N) is 1. The average molecular weight is 432 g/mol. The predicted molar refractivity (Wildman–Crippen MR) is 103 cm³/mol. The summed E-state index contributed by atoms with van der Waals surface area (Å²) in [5.74, 6) is 0.503. The third-order valence-electron chi connectivity index (χ3n) is 3.77. The van der Waals surface area contributed by atoms with Gasteiger partial charge >= 0.3 is 6.09 Å². The summed E-state index contributed by atoms with van der Waals surface area (Å²) in [5, 5.41) is 5.89. The number of carbonyl (C=O) groups excluding carboxylic acids is 1. The molecular formula is C16H25IN4O2. The zero-order chi connectivity index (χ0) is 15.8. The lowest BCUT2D eigenvalue weighted by Crippen LogP contribution is -2.41. The maximum atomic E-state index is 11.1. The molecule has 0 spiro atoms. The maximum absolute atomic E-state index is 11.1. The number of nitrogens with zero attached hydrogens (tertiary/aromatic N) is 1. The number of benzene rings is 1. The molecule has 1 aliphatic carbocycles. The van der Waals surface area contributed by atoms with Crippen LogP contribution in [0.5, 0.6) is 0 Å². The molecule has 1 aromatic rings. The molecule has 0 heterocycles. The lowest BCUT2D eigenvalue weighted by Gasteiger charge is -2.23. The van der Waals surface area contributed by atoms with Gasteiger partial charge in [-0.15, -0.1) is 24.0 Å². The SMILES string of the molecule is COC(=O)Nc1ccc(CN=C(N)NC2CCCCC2)cc1.I. The monoisotopic (exact) mass is 432 g/mol. The zero-order valence-electron chi connectivity index (χ0n) is 13.4. The molecule has 0 bridgehead atoms. The number of rotatable bonds is 4. The molecule has 1 fully saturated rings. The number of halogens is 1. The Balaban J connectivity index is 0.00000264. The fourth-order valence-corrected chi connectivity index (χ4v) is 2.54. The molecule has 0 saturated heterocycles. The highest BCUT2D eigenvalue weighted by atomic mass is 127. The Labute approximate surface area is 154 Å². The van der Waals surface area contributed by atoms with E-state index in [1.54, 1.807) is 0 Å². The predicted octanol–water partition coefficient (Wildman–Crippen LogP) is 3.22. The number of guanidine groups is 1. The summed E-state index contributed by atoms with van der Waals surface area (Å²) in [6.45, 7) is 0.518. The molecule has 1 aliphatic rings. The van der Waals surface area contributed by atoms with Crippen molar-refractivity contribution in [3.63, 3.8) is 0 Å². The van der Waals surface area contributed by atoms with Gasteiger partial charge in [0, 0.05) is 11.7 Å². The first-order valence-electron chi connectivity index (χ1n) is 7.68. The van der Waals surface area contributed by atoms with Gasteiger partial charge in [-0.2, -0.15) is 0 Å². The van der Waals surface area contributed by atoms with Gasteiger partial charge in [-0.1, -0.05) is 31.4 Å². The Hall–Kier alpha value is -1.51. The number of carbonyl (C=O) groups is 1. The molecule has 128 valence electrons. The van der Waals surface area contributed by atoms with E-state index in [-0.39, 0.29) is 24.0 Å². The van der Waals surface area contributed by atoms with E-state index in [0.29, 0.717) is 24.2 Å². The molecule has 4 N–H and O–H groups in total. The summed E-state index contributed by atoms with van der Waals surface area (Å²) in [6.07, 6.45) is 5.71. The highest BCUT2D eigenvalue weighted by Crippen LogP contribution is 2.17. The lowest BCUT2D eigenvalue weighted by molar-refractivity contribution is 0.187. The van der Waals surface area contributed by atoms with Crippen molar-refractivity contribution < 1.29 is 9.53 Å². The van der Waals surface area contributed by atoms with E-state index in [2.05, 4.69) is 20.4 Å².